The molecule has 0 saturated heterocycles. The SMILES string of the molecule is Cc1cc(Br)cc2cc(C(N)c3cccc(C#N)c3)oc12. The number of nitrogens with two attached hydrogens (primary N) is 1. The molecule has 2 N–H and O–H groups in total. The lowest BCUT2D eigenvalue weighted by Crippen LogP contribution is -2.10. The van der Waals surface area contributed by atoms with E-state index in [1.807, 2.05) is 37.3 Å². The quantitative estimate of drug-likeness (QED) is 0.750. The number of fused-ring (bicyclic) bond motifs is 1. The summed E-state index contributed by atoms with van der Waals surface area (Å²) < 4.78 is 6.93. The largest absolute Gasteiger partial charge is 0.459 e. The highest BCUT2D eigenvalue weighted by Crippen LogP contribution is 2.31. The van der Waals surface area contributed by atoms with Gasteiger partial charge in [0.25, 0.3) is 0 Å². The third-order valence-corrected chi connectivity index (χ3v) is 3.93. The first-order chi connectivity index (χ1) is 10.1. The summed E-state index contributed by atoms with van der Waals surface area (Å²) >= 11 is 3.48. The summed E-state index contributed by atoms with van der Waals surface area (Å²) in [5.74, 6) is 0.696. The van der Waals surface area contributed by atoms with Crippen LogP contribution in [0.25, 0.3) is 11.0 Å². The number of hydrogen-bond donors (Lipinski definition) is 1. The van der Waals surface area contributed by atoms with E-state index in [0.717, 1.165) is 26.6 Å². The molecular weight excluding hydrogens is 328 g/mol. The molecule has 3 rings (SSSR count). The Morgan fingerprint density at radius 2 is 2.05 bits per heavy atom. The minimum Gasteiger partial charge on any atom is -0.459 e. The van der Waals surface area contributed by atoms with E-state index in [-0.39, 0.29) is 6.04 Å². The number of hydrogen-bond acceptors (Lipinski definition) is 3. The lowest BCUT2D eigenvalue weighted by atomic mass is 10.0. The van der Waals surface area contributed by atoms with Crippen molar-refractivity contribution >= 4 is 26.9 Å². The number of benzene rings is 2. The zero-order chi connectivity index (χ0) is 15.0. The van der Waals surface area contributed by atoms with Crippen LogP contribution in [0.3, 0.4) is 0 Å². The van der Waals surface area contributed by atoms with E-state index in [1.54, 1.807) is 12.1 Å². The van der Waals surface area contributed by atoms with Gasteiger partial charge in [-0.15, -0.1) is 0 Å². The van der Waals surface area contributed by atoms with Gasteiger partial charge in [0.1, 0.15) is 11.3 Å². The van der Waals surface area contributed by atoms with Crippen LogP contribution in [0, 0.1) is 18.3 Å². The van der Waals surface area contributed by atoms with E-state index in [0.29, 0.717) is 11.3 Å². The first-order valence-electron chi connectivity index (χ1n) is 6.53. The fraction of sp³-hybridized carbons (Fsp3) is 0.118. The zero-order valence-corrected chi connectivity index (χ0v) is 13.0. The molecule has 104 valence electrons. The fourth-order valence-electron chi connectivity index (χ4n) is 2.42. The lowest BCUT2D eigenvalue weighted by Gasteiger charge is -2.09. The third kappa shape index (κ3) is 2.58. The number of rotatable bonds is 2. The number of furan rings is 1. The number of aryl methyl sites for hydroxylation is 1. The molecule has 4 heteroatoms. The van der Waals surface area contributed by atoms with Crippen molar-refractivity contribution in [2.24, 2.45) is 5.73 Å². The molecular formula is C17H13BrN2O. The molecule has 0 saturated carbocycles. The fourth-order valence-corrected chi connectivity index (χ4v) is 3.01. The molecule has 0 fully saturated rings. The summed E-state index contributed by atoms with van der Waals surface area (Å²) in [6, 6.07) is 15.0. The highest BCUT2D eigenvalue weighted by atomic mass is 79.9. The van der Waals surface area contributed by atoms with Crippen molar-refractivity contribution in [2.75, 3.05) is 0 Å². The molecule has 0 bridgehead atoms. The average Bonchev–Trinajstić information content (AvgIpc) is 2.90. The molecule has 1 atom stereocenters. The minimum absolute atomic E-state index is 0.385. The van der Waals surface area contributed by atoms with Crippen LogP contribution in [0.15, 0.2) is 51.4 Å². The van der Waals surface area contributed by atoms with Gasteiger partial charge in [-0.25, -0.2) is 0 Å². The molecule has 21 heavy (non-hydrogen) atoms. The molecule has 0 amide bonds. The maximum absolute atomic E-state index is 8.98. The van der Waals surface area contributed by atoms with Gasteiger partial charge in [0.15, 0.2) is 0 Å². The van der Waals surface area contributed by atoms with Crippen molar-refractivity contribution in [3.8, 4) is 6.07 Å². The lowest BCUT2D eigenvalue weighted by molar-refractivity contribution is 0.523. The van der Waals surface area contributed by atoms with Crippen molar-refractivity contribution in [3.63, 3.8) is 0 Å². The maximum Gasteiger partial charge on any atom is 0.137 e. The van der Waals surface area contributed by atoms with Gasteiger partial charge in [-0.1, -0.05) is 28.1 Å². The highest BCUT2D eigenvalue weighted by Gasteiger charge is 2.16. The minimum atomic E-state index is -0.385. The standard InChI is InChI=1S/C17H13BrN2O/c1-10-5-14(18)7-13-8-15(21-17(10)13)16(20)12-4-2-3-11(6-12)9-19/h2-8,16H,20H2,1H3. The second-order valence-electron chi connectivity index (χ2n) is 5.00. The van der Waals surface area contributed by atoms with Gasteiger partial charge in [-0.2, -0.15) is 5.26 Å². The van der Waals surface area contributed by atoms with Gasteiger partial charge >= 0.3 is 0 Å². The molecule has 3 nitrogen and oxygen atoms in total. The third-order valence-electron chi connectivity index (χ3n) is 3.47. The van der Waals surface area contributed by atoms with E-state index in [9.17, 15) is 0 Å². The first-order valence-corrected chi connectivity index (χ1v) is 7.33. The second-order valence-corrected chi connectivity index (χ2v) is 5.92. The Balaban J connectivity index is 2.07. The molecule has 0 aliphatic rings. The Morgan fingerprint density at radius 1 is 1.24 bits per heavy atom. The normalized spacial score (nSPS) is 12.3. The Labute approximate surface area is 131 Å². The van der Waals surface area contributed by atoms with Crippen LogP contribution < -0.4 is 5.73 Å². The van der Waals surface area contributed by atoms with Crippen LogP contribution in [-0.2, 0) is 0 Å². The van der Waals surface area contributed by atoms with E-state index >= 15 is 0 Å². The molecule has 2 aromatic carbocycles. The van der Waals surface area contributed by atoms with E-state index < -0.39 is 0 Å². The molecule has 0 spiro atoms. The summed E-state index contributed by atoms with van der Waals surface area (Å²) in [5.41, 5.74) is 9.64. The monoisotopic (exact) mass is 340 g/mol. The highest BCUT2D eigenvalue weighted by molar-refractivity contribution is 9.10. The predicted octanol–water partition coefficient (Wildman–Crippen LogP) is 4.42. The zero-order valence-electron chi connectivity index (χ0n) is 11.4. The van der Waals surface area contributed by atoms with Crippen LogP contribution >= 0.6 is 15.9 Å². The van der Waals surface area contributed by atoms with E-state index in [2.05, 4.69) is 22.0 Å². The van der Waals surface area contributed by atoms with E-state index in [4.69, 9.17) is 15.4 Å². The van der Waals surface area contributed by atoms with Crippen molar-refractivity contribution in [2.45, 2.75) is 13.0 Å². The molecule has 3 aromatic rings. The summed E-state index contributed by atoms with van der Waals surface area (Å²) in [6.45, 7) is 2.00. The van der Waals surface area contributed by atoms with Gasteiger partial charge < -0.3 is 10.2 Å². The Bertz CT molecular complexity index is 861. The molecule has 0 aliphatic carbocycles. The topological polar surface area (TPSA) is 63.0 Å². The summed E-state index contributed by atoms with van der Waals surface area (Å²) in [7, 11) is 0. The first kappa shape index (κ1) is 13.9. The van der Waals surface area contributed by atoms with Crippen LogP contribution in [0.1, 0.15) is 28.5 Å². The number of halogens is 1. The van der Waals surface area contributed by atoms with Crippen LogP contribution in [-0.4, -0.2) is 0 Å². The maximum atomic E-state index is 8.98. The van der Waals surface area contributed by atoms with Gasteiger partial charge in [0, 0.05) is 9.86 Å². The Kier molecular flexibility index (Phi) is 3.54. The van der Waals surface area contributed by atoms with Gasteiger partial charge in [-0.05, 0) is 48.4 Å². The molecule has 0 aliphatic heterocycles. The van der Waals surface area contributed by atoms with Crippen LogP contribution in [0.4, 0.5) is 0 Å². The van der Waals surface area contributed by atoms with Gasteiger partial charge in [-0.3, -0.25) is 0 Å². The van der Waals surface area contributed by atoms with Crippen molar-refractivity contribution in [3.05, 3.63) is 69.4 Å². The Morgan fingerprint density at radius 3 is 2.81 bits per heavy atom. The average molecular weight is 341 g/mol. The molecule has 1 aromatic heterocycles. The summed E-state index contributed by atoms with van der Waals surface area (Å²) in [6.07, 6.45) is 0. The smallest absolute Gasteiger partial charge is 0.137 e. The summed E-state index contributed by atoms with van der Waals surface area (Å²) in [5, 5.41) is 9.99. The van der Waals surface area contributed by atoms with Gasteiger partial charge in [0.05, 0.1) is 17.7 Å². The van der Waals surface area contributed by atoms with E-state index in [1.165, 1.54) is 0 Å². The predicted molar refractivity (Wildman–Crippen MR) is 85.8 cm³/mol. The molecule has 1 unspecified atom stereocenters. The number of nitrogens with zero attached hydrogens (tertiary/aromatic N) is 1. The van der Waals surface area contributed by atoms with Crippen molar-refractivity contribution in [1.82, 2.24) is 0 Å². The molecule has 1 heterocycles. The summed E-state index contributed by atoms with van der Waals surface area (Å²) in [4.78, 5) is 0. The molecule has 0 radical (unpaired) electrons. The van der Waals surface area contributed by atoms with Crippen molar-refractivity contribution in [1.29, 1.82) is 5.26 Å². The number of nitriles is 1. The van der Waals surface area contributed by atoms with Crippen molar-refractivity contribution < 1.29 is 4.42 Å². The van der Waals surface area contributed by atoms with Crippen LogP contribution in [0.5, 0.6) is 0 Å². The second kappa shape index (κ2) is 5.36. The van der Waals surface area contributed by atoms with Gasteiger partial charge in [0.2, 0.25) is 0 Å². The van der Waals surface area contributed by atoms with Crippen LogP contribution in [0.2, 0.25) is 0 Å². The Hall–Kier alpha value is -2.09.